The van der Waals surface area contributed by atoms with Gasteiger partial charge in [-0.15, -0.1) is 0 Å². The van der Waals surface area contributed by atoms with E-state index in [9.17, 15) is 4.79 Å². The number of carbonyl (C=O) groups excluding carboxylic acids is 1. The molecule has 1 rings (SSSR count). The third kappa shape index (κ3) is 2.53. The first-order valence-corrected chi connectivity index (χ1v) is 2.91. The number of nitrogens with one attached hydrogen (secondary N) is 1. The van der Waals surface area contributed by atoms with Gasteiger partial charge in [0, 0.05) is 12.4 Å². The highest BCUT2D eigenvalue weighted by molar-refractivity contribution is 5.65. The molecule has 1 aromatic rings. The van der Waals surface area contributed by atoms with Gasteiger partial charge in [0.05, 0.1) is 5.69 Å². The van der Waals surface area contributed by atoms with Crippen molar-refractivity contribution in [3.63, 3.8) is 0 Å². The Morgan fingerprint density at radius 2 is 2.18 bits per heavy atom. The second-order valence-electron chi connectivity index (χ2n) is 1.76. The molecule has 11 heavy (non-hydrogen) atoms. The number of anilines is 1. The molecular formula is C6H7N3O2. The fourth-order valence-corrected chi connectivity index (χ4v) is 0.529. The number of aromatic nitrogens is 1. The Morgan fingerprint density at radius 1 is 1.55 bits per heavy atom. The third-order valence-corrected chi connectivity index (χ3v) is 0.950. The second kappa shape index (κ2) is 3.40. The van der Waals surface area contributed by atoms with Gasteiger partial charge in [0.15, 0.2) is 0 Å². The van der Waals surface area contributed by atoms with E-state index >= 15 is 0 Å². The highest BCUT2D eigenvalue weighted by atomic mass is 16.7. The molecule has 5 nitrogen and oxygen atoms in total. The Bertz CT molecular complexity index is 237. The molecule has 1 aromatic heterocycles. The van der Waals surface area contributed by atoms with Crippen LogP contribution in [-0.2, 0) is 4.84 Å². The molecule has 0 atom stereocenters. The summed E-state index contributed by atoms with van der Waals surface area (Å²) in [6, 6.07) is 3.28. The number of nitrogens with two attached hydrogens (primary N) is 1. The molecule has 58 valence electrons. The van der Waals surface area contributed by atoms with Crippen LogP contribution in [0.4, 0.5) is 10.5 Å². The number of amides is 1. The zero-order valence-electron chi connectivity index (χ0n) is 5.65. The summed E-state index contributed by atoms with van der Waals surface area (Å²) in [6.45, 7) is 0. The van der Waals surface area contributed by atoms with E-state index in [2.05, 4.69) is 15.3 Å². The molecule has 0 bridgehead atoms. The van der Waals surface area contributed by atoms with Crippen molar-refractivity contribution in [3.05, 3.63) is 24.5 Å². The summed E-state index contributed by atoms with van der Waals surface area (Å²) < 4.78 is 0. The number of carbonyl (C=O) groups is 1. The fourth-order valence-electron chi connectivity index (χ4n) is 0.529. The monoisotopic (exact) mass is 153 g/mol. The molecule has 0 aliphatic rings. The van der Waals surface area contributed by atoms with Crippen molar-refractivity contribution in [2.24, 2.45) is 5.73 Å². The summed E-state index contributed by atoms with van der Waals surface area (Å²) in [7, 11) is 0. The predicted octanol–water partition coefficient (Wildman–Crippen LogP) is 0.504. The molecular weight excluding hydrogens is 146 g/mol. The maximum atomic E-state index is 10.1. The van der Waals surface area contributed by atoms with Gasteiger partial charge in [-0.3, -0.25) is 4.98 Å². The van der Waals surface area contributed by atoms with Crippen molar-refractivity contribution in [3.8, 4) is 0 Å². The van der Waals surface area contributed by atoms with E-state index in [1.165, 1.54) is 0 Å². The van der Waals surface area contributed by atoms with Crippen LogP contribution < -0.4 is 11.2 Å². The fraction of sp³-hybridized carbons (Fsp3) is 0. The van der Waals surface area contributed by atoms with Gasteiger partial charge in [-0.1, -0.05) is 0 Å². The normalized spacial score (nSPS) is 8.73. The minimum Gasteiger partial charge on any atom is -0.333 e. The molecule has 0 fully saturated rings. The Kier molecular flexibility index (Phi) is 2.27. The van der Waals surface area contributed by atoms with Crippen LogP contribution in [0.15, 0.2) is 24.5 Å². The van der Waals surface area contributed by atoms with Gasteiger partial charge in [-0.05, 0) is 12.1 Å². The summed E-state index contributed by atoms with van der Waals surface area (Å²) >= 11 is 0. The van der Waals surface area contributed by atoms with Crippen molar-refractivity contribution in [2.45, 2.75) is 0 Å². The lowest BCUT2D eigenvalue weighted by Gasteiger charge is -2.01. The van der Waals surface area contributed by atoms with Gasteiger partial charge in [0.25, 0.3) is 0 Å². The van der Waals surface area contributed by atoms with Gasteiger partial charge < -0.3 is 10.6 Å². The van der Waals surface area contributed by atoms with Gasteiger partial charge in [-0.25, -0.2) is 10.3 Å². The SMILES string of the molecule is NC(=O)ONc1ccncc1. The summed E-state index contributed by atoms with van der Waals surface area (Å²) in [4.78, 5) is 18.1. The van der Waals surface area contributed by atoms with Crippen LogP contribution in [0.2, 0.25) is 0 Å². The van der Waals surface area contributed by atoms with E-state index in [0.717, 1.165) is 0 Å². The summed E-state index contributed by atoms with van der Waals surface area (Å²) in [5, 5.41) is 0. The number of primary amides is 1. The maximum Gasteiger partial charge on any atom is 0.428 e. The standard InChI is InChI=1S/C6H7N3O2/c7-6(10)11-9-5-1-3-8-4-2-5/h1-4H,(H2,7,10)(H,8,9). The van der Waals surface area contributed by atoms with E-state index in [1.54, 1.807) is 24.5 Å². The predicted molar refractivity (Wildman–Crippen MR) is 38.5 cm³/mol. The van der Waals surface area contributed by atoms with E-state index in [-0.39, 0.29) is 0 Å². The third-order valence-electron chi connectivity index (χ3n) is 0.950. The number of rotatable bonds is 2. The molecule has 0 aliphatic heterocycles. The molecule has 0 unspecified atom stereocenters. The summed E-state index contributed by atoms with van der Waals surface area (Å²) in [5.41, 5.74) is 7.65. The Labute approximate surface area is 63.1 Å². The molecule has 0 aliphatic carbocycles. The largest absolute Gasteiger partial charge is 0.428 e. The van der Waals surface area contributed by atoms with Crippen LogP contribution >= 0.6 is 0 Å². The lowest BCUT2D eigenvalue weighted by molar-refractivity contribution is 0.180. The minimum atomic E-state index is -0.873. The molecule has 0 aromatic carbocycles. The molecule has 0 spiro atoms. The second-order valence-corrected chi connectivity index (χ2v) is 1.76. The molecule has 0 saturated carbocycles. The number of pyridine rings is 1. The smallest absolute Gasteiger partial charge is 0.333 e. The Morgan fingerprint density at radius 3 is 2.73 bits per heavy atom. The topological polar surface area (TPSA) is 77.2 Å². The van der Waals surface area contributed by atoms with E-state index < -0.39 is 6.09 Å². The van der Waals surface area contributed by atoms with E-state index in [4.69, 9.17) is 5.73 Å². The maximum absolute atomic E-state index is 10.1. The van der Waals surface area contributed by atoms with Crippen LogP contribution in [0.3, 0.4) is 0 Å². The number of hydrogen-bond donors (Lipinski definition) is 2. The lowest BCUT2D eigenvalue weighted by Crippen LogP contribution is -2.16. The van der Waals surface area contributed by atoms with Crippen LogP contribution in [0.1, 0.15) is 0 Å². The quantitative estimate of drug-likeness (QED) is 0.606. The molecule has 0 saturated heterocycles. The first-order chi connectivity index (χ1) is 5.29. The molecule has 1 heterocycles. The molecule has 5 heteroatoms. The Hall–Kier alpha value is -1.78. The highest BCUT2D eigenvalue weighted by Gasteiger charge is 1.92. The van der Waals surface area contributed by atoms with Crippen molar-refractivity contribution < 1.29 is 9.63 Å². The first kappa shape index (κ1) is 7.33. The van der Waals surface area contributed by atoms with Crippen LogP contribution in [0.5, 0.6) is 0 Å². The van der Waals surface area contributed by atoms with Gasteiger partial charge in [-0.2, -0.15) is 0 Å². The van der Waals surface area contributed by atoms with Gasteiger partial charge in [0.1, 0.15) is 0 Å². The highest BCUT2D eigenvalue weighted by Crippen LogP contribution is 2.01. The van der Waals surface area contributed by atoms with Crippen molar-refractivity contribution >= 4 is 11.8 Å². The van der Waals surface area contributed by atoms with Crippen LogP contribution in [0.25, 0.3) is 0 Å². The Balaban J connectivity index is 2.45. The number of hydrogen-bond acceptors (Lipinski definition) is 4. The zero-order chi connectivity index (χ0) is 8.10. The summed E-state index contributed by atoms with van der Waals surface area (Å²) in [5.74, 6) is 0. The molecule has 1 amide bonds. The van der Waals surface area contributed by atoms with Gasteiger partial charge >= 0.3 is 6.09 Å². The first-order valence-electron chi connectivity index (χ1n) is 2.91. The summed E-state index contributed by atoms with van der Waals surface area (Å²) in [6.07, 6.45) is 2.25. The van der Waals surface area contributed by atoms with Crippen molar-refractivity contribution in [1.29, 1.82) is 0 Å². The average Bonchev–Trinajstić information content (AvgIpc) is 2.03. The van der Waals surface area contributed by atoms with Crippen LogP contribution in [-0.4, -0.2) is 11.1 Å². The minimum absolute atomic E-state index is 0.624. The van der Waals surface area contributed by atoms with Crippen molar-refractivity contribution in [2.75, 3.05) is 5.48 Å². The van der Waals surface area contributed by atoms with E-state index in [1.807, 2.05) is 0 Å². The molecule has 3 N–H and O–H groups in total. The van der Waals surface area contributed by atoms with E-state index in [0.29, 0.717) is 5.69 Å². The van der Waals surface area contributed by atoms with Crippen LogP contribution in [0, 0.1) is 0 Å². The van der Waals surface area contributed by atoms with Gasteiger partial charge in [0.2, 0.25) is 0 Å². The molecule has 0 radical (unpaired) electrons. The lowest BCUT2D eigenvalue weighted by atomic mass is 10.4. The average molecular weight is 153 g/mol. The number of nitrogens with zero attached hydrogens (tertiary/aromatic N) is 1. The van der Waals surface area contributed by atoms with Crippen molar-refractivity contribution in [1.82, 2.24) is 4.98 Å². The zero-order valence-corrected chi connectivity index (χ0v) is 5.65.